The molecule has 15 heavy (non-hydrogen) atoms. The van der Waals surface area contributed by atoms with E-state index in [2.05, 4.69) is 43.3 Å². The lowest BCUT2D eigenvalue weighted by Crippen LogP contribution is -1.97. The highest BCUT2D eigenvalue weighted by Crippen LogP contribution is 2.12. The lowest BCUT2D eigenvalue weighted by atomic mass is 10.0. The number of hydrogen-bond donors (Lipinski definition) is 1. The number of rotatable bonds is 6. The van der Waals surface area contributed by atoms with E-state index in [1.807, 2.05) is 0 Å². The summed E-state index contributed by atoms with van der Waals surface area (Å²) in [6, 6.07) is 10.6. The Morgan fingerprint density at radius 1 is 1.27 bits per heavy atom. The molecule has 0 aromatic heterocycles. The van der Waals surface area contributed by atoms with E-state index < -0.39 is 0 Å². The summed E-state index contributed by atoms with van der Waals surface area (Å²) in [5, 5.41) is 0. The first-order valence-electron chi connectivity index (χ1n) is 5.78. The van der Waals surface area contributed by atoms with Crippen LogP contribution in [0.25, 0.3) is 0 Å². The van der Waals surface area contributed by atoms with Gasteiger partial charge in [0.25, 0.3) is 0 Å². The van der Waals surface area contributed by atoms with Gasteiger partial charge in [-0.15, -0.1) is 0 Å². The third-order valence-corrected chi connectivity index (χ3v) is 2.57. The van der Waals surface area contributed by atoms with Gasteiger partial charge in [-0.1, -0.05) is 48.9 Å². The number of benzene rings is 1. The Kier molecular flexibility index (Phi) is 5.79. The Bertz CT molecular complexity index is 287. The number of unbranched alkanes of at least 4 members (excludes halogenated alkanes) is 1. The maximum Gasteiger partial charge on any atom is -0.00672 e. The standard InChI is InChI=1S/C14H21N/c1-2-13(8-6-7-11-15)12-14-9-4-3-5-10-14/h3-5,8-10H,2,6-7,11-12,15H2,1H3/b13-8-. The van der Waals surface area contributed by atoms with E-state index in [1.54, 1.807) is 0 Å². The first-order valence-corrected chi connectivity index (χ1v) is 5.78. The summed E-state index contributed by atoms with van der Waals surface area (Å²) in [5.41, 5.74) is 8.40. The van der Waals surface area contributed by atoms with Gasteiger partial charge < -0.3 is 5.73 Å². The minimum Gasteiger partial charge on any atom is -0.330 e. The average molecular weight is 203 g/mol. The molecular formula is C14H21N. The largest absolute Gasteiger partial charge is 0.330 e. The van der Waals surface area contributed by atoms with Gasteiger partial charge in [0, 0.05) is 0 Å². The van der Waals surface area contributed by atoms with Gasteiger partial charge in [-0.2, -0.15) is 0 Å². The molecular weight excluding hydrogens is 182 g/mol. The van der Waals surface area contributed by atoms with E-state index in [0.29, 0.717) is 0 Å². The van der Waals surface area contributed by atoms with Crippen LogP contribution in [0, 0.1) is 0 Å². The van der Waals surface area contributed by atoms with Gasteiger partial charge in [-0.25, -0.2) is 0 Å². The summed E-state index contributed by atoms with van der Waals surface area (Å²) in [4.78, 5) is 0. The van der Waals surface area contributed by atoms with Crippen LogP contribution >= 0.6 is 0 Å². The maximum absolute atomic E-state index is 5.48. The van der Waals surface area contributed by atoms with Crippen LogP contribution in [-0.2, 0) is 6.42 Å². The molecule has 0 aliphatic heterocycles. The Morgan fingerprint density at radius 2 is 2.00 bits per heavy atom. The minimum atomic E-state index is 0.791. The zero-order valence-electron chi connectivity index (χ0n) is 9.58. The van der Waals surface area contributed by atoms with E-state index in [9.17, 15) is 0 Å². The summed E-state index contributed by atoms with van der Waals surface area (Å²) in [6.45, 7) is 3.01. The summed E-state index contributed by atoms with van der Waals surface area (Å²) in [6.07, 6.45) is 6.78. The first-order chi connectivity index (χ1) is 7.36. The predicted molar refractivity (Wildman–Crippen MR) is 66.8 cm³/mol. The monoisotopic (exact) mass is 203 g/mol. The molecule has 0 unspecified atom stereocenters. The number of hydrogen-bond acceptors (Lipinski definition) is 1. The molecule has 1 aromatic carbocycles. The van der Waals surface area contributed by atoms with Crippen molar-refractivity contribution in [1.29, 1.82) is 0 Å². The van der Waals surface area contributed by atoms with Crippen molar-refractivity contribution in [3.8, 4) is 0 Å². The van der Waals surface area contributed by atoms with Crippen molar-refractivity contribution >= 4 is 0 Å². The van der Waals surface area contributed by atoms with Crippen molar-refractivity contribution in [2.24, 2.45) is 5.73 Å². The van der Waals surface area contributed by atoms with Crippen LogP contribution < -0.4 is 5.73 Å². The van der Waals surface area contributed by atoms with Crippen LogP contribution in [0.15, 0.2) is 42.0 Å². The molecule has 0 saturated heterocycles. The predicted octanol–water partition coefficient (Wildman–Crippen LogP) is 3.30. The quantitative estimate of drug-likeness (QED) is 0.557. The van der Waals surface area contributed by atoms with E-state index in [-0.39, 0.29) is 0 Å². The molecule has 0 fully saturated rings. The average Bonchev–Trinajstić information content (AvgIpc) is 2.29. The van der Waals surface area contributed by atoms with Crippen molar-refractivity contribution in [2.75, 3.05) is 6.54 Å². The molecule has 1 aromatic rings. The van der Waals surface area contributed by atoms with E-state index in [1.165, 1.54) is 11.1 Å². The molecule has 0 radical (unpaired) electrons. The van der Waals surface area contributed by atoms with E-state index in [0.717, 1.165) is 32.2 Å². The molecule has 0 atom stereocenters. The fourth-order valence-corrected chi connectivity index (χ4v) is 1.62. The zero-order valence-corrected chi connectivity index (χ0v) is 9.58. The van der Waals surface area contributed by atoms with Crippen LogP contribution in [-0.4, -0.2) is 6.54 Å². The SMILES string of the molecule is CC/C(=C/CCCN)Cc1ccccc1. The van der Waals surface area contributed by atoms with Gasteiger partial charge >= 0.3 is 0 Å². The summed E-state index contributed by atoms with van der Waals surface area (Å²) in [5.74, 6) is 0. The second-order valence-electron chi connectivity index (χ2n) is 3.81. The lowest BCUT2D eigenvalue weighted by molar-refractivity contribution is 0.839. The summed E-state index contributed by atoms with van der Waals surface area (Å²) >= 11 is 0. The van der Waals surface area contributed by atoms with Crippen molar-refractivity contribution < 1.29 is 0 Å². The van der Waals surface area contributed by atoms with Gasteiger partial charge in [0.1, 0.15) is 0 Å². The highest BCUT2D eigenvalue weighted by Gasteiger charge is 1.96. The van der Waals surface area contributed by atoms with Crippen LogP contribution in [0.4, 0.5) is 0 Å². The van der Waals surface area contributed by atoms with E-state index >= 15 is 0 Å². The number of allylic oxidation sites excluding steroid dienone is 2. The molecule has 0 amide bonds. The van der Waals surface area contributed by atoms with Gasteiger partial charge in [-0.05, 0) is 37.8 Å². The highest BCUT2D eigenvalue weighted by atomic mass is 14.5. The second-order valence-corrected chi connectivity index (χ2v) is 3.81. The van der Waals surface area contributed by atoms with Crippen LogP contribution in [0.5, 0.6) is 0 Å². The third-order valence-electron chi connectivity index (χ3n) is 2.57. The van der Waals surface area contributed by atoms with Crippen LogP contribution in [0.2, 0.25) is 0 Å². The summed E-state index contributed by atoms with van der Waals surface area (Å²) < 4.78 is 0. The molecule has 1 heteroatoms. The van der Waals surface area contributed by atoms with Gasteiger partial charge in [0.2, 0.25) is 0 Å². The first kappa shape index (κ1) is 12.0. The zero-order chi connectivity index (χ0) is 10.9. The van der Waals surface area contributed by atoms with Gasteiger partial charge in [0.15, 0.2) is 0 Å². The molecule has 0 aliphatic carbocycles. The molecule has 0 bridgehead atoms. The molecule has 0 saturated carbocycles. The molecule has 1 nitrogen and oxygen atoms in total. The maximum atomic E-state index is 5.48. The molecule has 0 spiro atoms. The fourth-order valence-electron chi connectivity index (χ4n) is 1.62. The molecule has 1 rings (SSSR count). The fraction of sp³-hybridized carbons (Fsp3) is 0.429. The highest BCUT2D eigenvalue weighted by molar-refractivity contribution is 5.21. The Morgan fingerprint density at radius 3 is 2.60 bits per heavy atom. The Labute approximate surface area is 93.0 Å². The smallest absolute Gasteiger partial charge is 0.00672 e. The van der Waals surface area contributed by atoms with Crippen LogP contribution in [0.3, 0.4) is 0 Å². The minimum absolute atomic E-state index is 0.791. The van der Waals surface area contributed by atoms with Gasteiger partial charge in [0.05, 0.1) is 0 Å². The summed E-state index contributed by atoms with van der Waals surface area (Å²) in [7, 11) is 0. The lowest BCUT2D eigenvalue weighted by Gasteiger charge is -2.05. The molecule has 0 heterocycles. The Balaban J connectivity index is 2.50. The van der Waals surface area contributed by atoms with Crippen molar-refractivity contribution in [1.82, 2.24) is 0 Å². The molecule has 82 valence electrons. The number of nitrogens with two attached hydrogens (primary N) is 1. The van der Waals surface area contributed by atoms with Crippen molar-refractivity contribution in [2.45, 2.75) is 32.6 Å². The molecule has 2 N–H and O–H groups in total. The third kappa shape index (κ3) is 4.80. The topological polar surface area (TPSA) is 26.0 Å². The van der Waals surface area contributed by atoms with Crippen LogP contribution in [0.1, 0.15) is 31.7 Å². The van der Waals surface area contributed by atoms with Crippen molar-refractivity contribution in [3.05, 3.63) is 47.5 Å². The second kappa shape index (κ2) is 7.24. The van der Waals surface area contributed by atoms with Gasteiger partial charge in [-0.3, -0.25) is 0 Å². The Hall–Kier alpha value is -1.08. The normalized spacial score (nSPS) is 11.7. The van der Waals surface area contributed by atoms with E-state index in [4.69, 9.17) is 5.73 Å². The van der Waals surface area contributed by atoms with Crippen molar-refractivity contribution in [3.63, 3.8) is 0 Å². The molecule has 0 aliphatic rings.